The number of fused-ring (bicyclic) bond motifs is 2. The molecule has 3 aliphatic carbocycles. The van der Waals surface area contributed by atoms with Crippen molar-refractivity contribution in [3.63, 3.8) is 0 Å². The molecular weight excluding hydrogens is 698 g/mol. The molecule has 6 atom stereocenters. The van der Waals surface area contributed by atoms with Crippen molar-refractivity contribution in [2.75, 3.05) is 12.7 Å². The number of imidazole rings is 1. The first-order chi connectivity index (χ1) is 25.1. The summed E-state index contributed by atoms with van der Waals surface area (Å²) >= 11 is 6.77. The van der Waals surface area contributed by atoms with E-state index in [1.807, 2.05) is 32.6 Å². The number of H-pyrrole nitrogens is 1. The molecule has 53 heavy (non-hydrogen) atoms. The SMILES string of the molecule is CC1CC(C2C[Si](C)(C)CN2C(=O)C(N)C(C)C)=NC2=C1C1=CC=C(C3=CC=C(c4nc(C5CCCN5C(=O)C(N)C(C)C)[nH]c4Cl)CC3)CC1CC2. The highest BCUT2D eigenvalue weighted by molar-refractivity contribution is 6.79. The van der Waals surface area contributed by atoms with Crippen molar-refractivity contribution < 1.29 is 9.59 Å². The number of carbonyl (C=O) groups is 2. The standard InChI is InChI=1S/C42H60ClN7O2Si/c1-23(2)36(44)41(51)49-18-8-9-33(49)40-47-38(39(43)48-40)27-12-10-26(11-13-27)28-14-16-30-29(20-28)15-17-31-35(30)25(5)19-32(46-31)34-21-53(6,7)22-50(34)42(52)37(45)24(3)4/h10,12,14,16,23-25,29,33-34,36-37H,8-9,11,13,15,17-22,44-45H2,1-7H3,(H,47,48). The van der Waals surface area contributed by atoms with Crippen molar-refractivity contribution in [3.8, 4) is 0 Å². The van der Waals surface area contributed by atoms with Crippen molar-refractivity contribution >= 4 is 42.8 Å². The Balaban J connectivity index is 1.08. The van der Waals surface area contributed by atoms with E-state index in [4.69, 9.17) is 33.0 Å². The number of halogens is 1. The second-order valence-electron chi connectivity index (χ2n) is 18.1. The summed E-state index contributed by atoms with van der Waals surface area (Å²) in [6.45, 7) is 15.9. The molecule has 0 saturated carbocycles. The highest BCUT2D eigenvalue weighted by atomic mass is 35.5. The number of allylic oxidation sites excluding steroid dienone is 10. The van der Waals surface area contributed by atoms with Crippen LogP contribution in [0.2, 0.25) is 24.3 Å². The summed E-state index contributed by atoms with van der Waals surface area (Å²) in [5, 5.41) is 0.538. The number of carbonyl (C=O) groups excluding carboxylic acids is 2. The number of likely N-dealkylation sites (tertiary alicyclic amines) is 1. The van der Waals surface area contributed by atoms with Gasteiger partial charge < -0.3 is 26.3 Å². The van der Waals surface area contributed by atoms with Crippen LogP contribution in [0.4, 0.5) is 0 Å². The molecule has 2 fully saturated rings. The van der Waals surface area contributed by atoms with Crippen molar-refractivity contribution in [1.82, 2.24) is 19.8 Å². The van der Waals surface area contributed by atoms with E-state index in [9.17, 15) is 9.59 Å². The molecule has 286 valence electrons. The first kappa shape index (κ1) is 38.2. The number of nitrogens with one attached hydrogen (secondary N) is 1. The molecule has 4 heterocycles. The minimum Gasteiger partial charge on any atom is -0.336 e. The Morgan fingerprint density at radius 3 is 2.23 bits per heavy atom. The number of amides is 2. The fourth-order valence-corrected chi connectivity index (χ4v) is 12.8. The average molecular weight is 759 g/mol. The Labute approximate surface area is 322 Å². The van der Waals surface area contributed by atoms with E-state index in [0.29, 0.717) is 23.5 Å². The van der Waals surface area contributed by atoms with Crippen LogP contribution in [0, 0.1) is 23.7 Å². The lowest BCUT2D eigenvalue weighted by Crippen LogP contribution is -2.51. The van der Waals surface area contributed by atoms with Crippen LogP contribution < -0.4 is 11.5 Å². The molecule has 6 aliphatic rings. The second kappa shape index (κ2) is 14.9. The van der Waals surface area contributed by atoms with Gasteiger partial charge in [0.15, 0.2) is 0 Å². The number of aromatic amines is 1. The van der Waals surface area contributed by atoms with Gasteiger partial charge in [-0.3, -0.25) is 14.6 Å². The summed E-state index contributed by atoms with van der Waals surface area (Å²) in [7, 11) is -1.56. The third-order valence-corrected chi connectivity index (χ3v) is 15.8. The number of aliphatic imine (C=N–C) groups is 1. The van der Waals surface area contributed by atoms with Crippen LogP contribution in [0.15, 0.2) is 57.3 Å². The van der Waals surface area contributed by atoms with E-state index >= 15 is 0 Å². The number of aromatic nitrogens is 2. The Hall–Kier alpha value is -3.05. The predicted molar refractivity (Wildman–Crippen MR) is 218 cm³/mol. The zero-order chi connectivity index (χ0) is 37.9. The van der Waals surface area contributed by atoms with Gasteiger partial charge in [-0.05, 0) is 109 Å². The molecule has 0 radical (unpaired) electrons. The molecule has 2 saturated heterocycles. The molecule has 2 amide bonds. The summed E-state index contributed by atoms with van der Waals surface area (Å²) in [5.74, 6) is 1.92. The zero-order valence-corrected chi connectivity index (χ0v) is 34.6. The minimum absolute atomic E-state index is 0.0124. The highest BCUT2D eigenvalue weighted by Crippen LogP contribution is 2.48. The van der Waals surface area contributed by atoms with Crippen LogP contribution in [0.1, 0.15) is 104 Å². The normalized spacial score (nSPS) is 28.3. The molecule has 6 unspecified atom stereocenters. The molecule has 1 aromatic rings. The lowest BCUT2D eigenvalue weighted by molar-refractivity contribution is -0.135. The van der Waals surface area contributed by atoms with Crippen LogP contribution >= 0.6 is 11.6 Å². The predicted octanol–water partition coefficient (Wildman–Crippen LogP) is 7.66. The Kier molecular flexibility index (Phi) is 10.7. The van der Waals surface area contributed by atoms with Crippen molar-refractivity contribution in [2.45, 2.75) is 129 Å². The molecule has 5 N–H and O–H groups in total. The Bertz CT molecular complexity index is 1850. The molecule has 7 rings (SSSR count). The van der Waals surface area contributed by atoms with E-state index < -0.39 is 20.2 Å². The highest BCUT2D eigenvalue weighted by Gasteiger charge is 2.46. The van der Waals surface area contributed by atoms with Crippen LogP contribution in [-0.4, -0.2) is 76.2 Å². The van der Waals surface area contributed by atoms with Gasteiger partial charge in [0.2, 0.25) is 11.8 Å². The number of nitrogens with zero attached hydrogens (tertiary/aromatic N) is 4. The van der Waals surface area contributed by atoms with E-state index in [-0.39, 0.29) is 35.7 Å². The minimum atomic E-state index is -1.56. The van der Waals surface area contributed by atoms with E-state index in [1.54, 1.807) is 0 Å². The van der Waals surface area contributed by atoms with Crippen LogP contribution in [0.5, 0.6) is 0 Å². The number of rotatable bonds is 8. The molecule has 0 bridgehead atoms. The van der Waals surface area contributed by atoms with Gasteiger partial charge in [-0.25, -0.2) is 4.98 Å². The second-order valence-corrected chi connectivity index (χ2v) is 23.5. The average Bonchev–Trinajstić information content (AvgIpc) is 3.86. The third-order valence-electron chi connectivity index (χ3n) is 12.8. The summed E-state index contributed by atoms with van der Waals surface area (Å²) in [4.78, 5) is 44.4. The largest absolute Gasteiger partial charge is 0.336 e. The van der Waals surface area contributed by atoms with Crippen LogP contribution in [0.25, 0.3) is 5.57 Å². The maximum Gasteiger partial charge on any atom is 0.240 e. The summed E-state index contributed by atoms with van der Waals surface area (Å²) in [6, 6.07) is 0.0613. The first-order valence-corrected chi connectivity index (χ1v) is 23.9. The fourth-order valence-electron chi connectivity index (χ4n) is 9.63. The van der Waals surface area contributed by atoms with E-state index in [1.165, 1.54) is 33.7 Å². The van der Waals surface area contributed by atoms with Gasteiger partial charge in [0.05, 0.1) is 32.2 Å². The van der Waals surface area contributed by atoms with E-state index in [2.05, 4.69) is 54.2 Å². The molecule has 1 aromatic heterocycles. The van der Waals surface area contributed by atoms with Gasteiger partial charge in [0.1, 0.15) is 16.7 Å². The van der Waals surface area contributed by atoms with Gasteiger partial charge in [-0.2, -0.15) is 0 Å². The smallest absolute Gasteiger partial charge is 0.240 e. The van der Waals surface area contributed by atoms with E-state index in [0.717, 1.165) is 80.7 Å². The molecule has 3 aliphatic heterocycles. The number of hydrogen-bond acceptors (Lipinski definition) is 6. The molecule has 0 spiro atoms. The van der Waals surface area contributed by atoms with Gasteiger partial charge in [0.25, 0.3) is 0 Å². The van der Waals surface area contributed by atoms with Gasteiger partial charge in [-0.15, -0.1) is 0 Å². The van der Waals surface area contributed by atoms with Gasteiger partial charge in [0, 0.05) is 24.1 Å². The summed E-state index contributed by atoms with van der Waals surface area (Å²) < 4.78 is 0. The maximum absolute atomic E-state index is 13.6. The lowest BCUT2D eigenvalue weighted by atomic mass is 9.69. The molecule has 9 nitrogen and oxygen atoms in total. The molecular formula is C42H60ClN7O2Si. The third kappa shape index (κ3) is 7.37. The van der Waals surface area contributed by atoms with Crippen molar-refractivity contribution in [3.05, 3.63) is 69.0 Å². The van der Waals surface area contributed by atoms with Gasteiger partial charge in [-0.1, -0.05) is 83.6 Å². The molecule has 0 aromatic carbocycles. The maximum atomic E-state index is 13.6. The van der Waals surface area contributed by atoms with Gasteiger partial charge >= 0.3 is 0 Å². The topological polar surface area (TPSA) is 134 Å². The fraction of sp³-hybridized carbons (Fsp3) is 0.619. The lowest BCUT2D eigenvalue weighted by Gasteiger charge is -2.39. The quantitative estimate of drug-likeness (QED) is 0.234. The van der Waals surface area contributed by atoms with Crippen LogP contribution in [0.3, 0.4) is 0 Å². The summed E-state index contributed by atoms with van der Waals surface area (Å²) in [6.07, 6.45) is 17.7. The molecule has 11 heteroatoms. The Morgan fingerprint density at radius 1 is 0.887 bits per heavy atom. The monoisotopic (exact) mass is 757 g/mol. The van der Waals surface area contributed by atoms with Crippen molar-refractivity contribution in [1.29, 1.82) is 0 Å². The first-order valence-electron chi connectivity index (χ1n) is 20.1. The van der Waals surface area contributed by atoms with Crippen LogP contribution in [-0.2, 0) is 9.59 Å². The number of nitrogens with two attached hydrogens (primary N) is 2. The van der Waals surface area contributed by atoms with Crippen molar-refractivity contribution in [2.24, 2.45) is 40.1 Å². The Morgan fingerprint density at radius 2 is 1.55 bits per heavy atom. The number of hydrogen-bond donors (Lipinski definition) is 3. The summed E-state index contributed by atoms with van der Waals surface area (Å²) in [5.41, 5.74) is 22.8. The zero-order valence-electron chi connectivity index (χ0n) is 32.8.